The van der Waals surface area contributed by atoms with Gasteiger partial charge in [-0.05, 0) is 31.5 Å². The number of nitrogens with one attached hydrogen (secondary N) is 1. The maximum absolute atomic E-state index is 9.80. The van der Waals surface area contributed by atoms with Gasteiger partial charge in [0.2, 0.25) is 11.8 Å². The third kappa shape index (κ3) is 3.63. The van der Waals surface area contributed by atoms with E-state index < -0.39 is 6.10 Å². The highest BCUT2D eigenvalue weighted by Crippen LogP contribution is 2.36. The zero-order valence-corrected chi connectivity index (χ0v) is 16.7. The Kier molecular flexibility index (Phi) is 4.77. The molecule has 3 unspecified atom stereocenters. The van der Waals surface area contributed by atoms with E-state index in [-0.39, 0.29) is 18.1 Å². The van der Waals surface area contributed by atoms with E-state index in [0.717, 1.165) is 22.5 Å². The number of anilines is 1. The van der Waals surface area contributed by atoms with Crippen molar-refractivity contribution in [1.29, 1.82) is 0 Å². The summed E-state index contributed by atoms with van der Waals surface area (Å²) in [5.41, 5.74) is 2.86. The SMILES string of the molecule is CC(O)C1CC(c2cc(Cl)nnc2OC2CN(c3nc4ccccc4[nH]3)C2)CO1. The number of fused-ring (bicyclic) bond motifs is 1. The normalized spacial score (nSPS) is 23.3. The number of imidazole rings is 1. The third-order valence-electron chi connectivity index (χ3n) is 5.57. The molecule has 3 aromatic rings. The molecule has 0 bridgehead atoms. The van der Waals surface area contributed by atoms with Crippen molar-refractivity contribution in [2.75, 3.05) is 24.6 Å². The van der Waals surface area contributed by atoms with E-state index in [0.29, 0.717) is 37.2 Å². The van der Waals surface area contributed by atoms with Gasteiger partial charge in [-0.3, -0.25) is 0 Å². The first-order valence-corrected chi connectivity index (χ1v) is 10.1. The Morgan fingerprint density at radius 1 is 1.31 bits per heavy atom. The number of aliphatic hydroxyl groups is 1. The second kappa shape index (κ2) is 7.44. The average Bonchev–Trinajstić information content (AvgIpc) is 3.32. The monoisotopic (exact) mass is 415 g/mol. The molecule has 2 aliphatic heterocycles. The number of aromatic nitrogens is 4. The zero-order chi connectivity index (χ0) is 20.0. The number of rotatable bonds is 5. The lowest BCUT2D eigenvalue weighted by atomic mass is 9.96. The van der Waals surface area contributed by atoms with Crippen molar-refractivity contribution in [3.63, 3.8) is 0 Å². The molecule has 152 valence electrons. The Labute approximate surface area is 172 Å². The first-order valence-electron chi connectivity index (χ1n) is 9.76. The molecule has 4 heterocycles. The van der Waals surface area contributed by atoms with Crippen LogP contribution in [0, 0.1) is 0 Å². The number of aliphatic hydroxyl groups excluding tert-OH is 1. The van der Waals surface area contributed by atoms with Gasteiger partial charge in [-0.1, -0.05) is 23.7 Å². The van der Waals surface area contributed by atoms with Crippen LogP contribution in [-0.2, 0) is 4.74 Å². The first kappa shape index (κ1) is 18.6. The van der Waals surface area contributed by atoms with E-state index in [1.165, 1.54) is 0 Å². The van der Waals surface area contributed by atoms with Crippen LogP contribution in [0.4, 0.5) is 5.95 Å². The molecule has 0 aliphatic carbocycles. The van der Waals surface area contributed by atoms with E-state index in [1.54, 1.807) is 13.0 Å². The highest BCUT2D eigenvalue weighted by Gasteiger charge is 2.35. The fourth-order valence-corrected chi connectivity index (χ4v) is 4.05. The molecule has 29 heavy (non-hydrogen) atoms. The minimum absolute atomic E-state index is 0.00711. The van der Waals surface area contributed by atoms with Crippen molar-refractivity contribution in [2.24, 2.45) is 0 Å². The molecule has 8 nitrogen and oxygen atoms in total. The number of hydrogen-bond donors (Lipinski definition) is 2. The molecule has 5 rings (SSSR count). The number of para-hydroxylation sites is 2. The van der Waals surface area contributed by atoms with Crippen LogP contribution in [-0.4, -0.2) is 63.3 Å². The van der Waals surface area contributed by atoms with Gasteiger partial charge in [-0.25, -0.2) is 4.98 Å². The number of hydrogen-bond acceptors (Lipinski definition) is 7. The molecule has 2 fully saturated rings. The second-order valence-corrected chi connectivity index (χ2v) is 8.08. The predicted octanol–water partition coefficient (Wildman–Crippen LogP) is 2.53. The van der Waals surface area contributed by atoms with Gasteiger partial charge in [0.1, 0.15) is 6.10 Å². The molecule has 3 atom stereocenters. The van der Waals surface area contributed by atoms with Crippen molar-refractivity contribution in [2.45, 2.75) is 37.6 Å². The van der Waals surface area contributed by atoms with Crippen molar-refractivity contribution in [3.05, 3.63) is 41.0 Å². The first-order chi connectivity index (χ1) is 14.1. The highest BCUT2D eigenvalue weighted by molar-refractivity contribution is 6.29. The van der Waals surface area contributed by atoms with E-state index in [2.05, 4.69) is 25.1 Å². The summed E-state index contributed by atoms with van der Waals surface area (Å²) < 4.78 is 11.8. The molecule has 2 saturated heterocycles. The molecule has 2 aliphatic rings. The van der Waals surface area contributed by atoms with Crippen molar-refractivity contribution in [1.82, 2.24) is 20.2 Å². The molecule has 2 aromatic heterocycles. The highest BCUT2D eigenvalue weighted by atomic mass is 35.5. The molecule has 2 N–H and O–H groups in total. The summed E-state index contributed by atoms with van der Waals surface area (Å²) in [6.07, 6.45) is -0.00994. The van der Waals surface area contributed by atoms with Crippen LogP contribution in [0.15, 0.2) is 30.3 Å². The van der Waals surface area contributed by atoms with Crippen LogP contribution in [0.2, 0.25) is 5.15 Å². The topological polar surface area (TPSA) is 96.4 Å². The number of H-pyrrole nitrogens is 1. The van der Waals surface area contributed by atoms with Gasteiger partial charge < -0.3 is 24.5 Å². The molecule has 0 saturated carbocycles. The maximum atomic E-state index is 9.80. The van der Waals surface area contributed by atoms with E-state index in [1.807, 2.05) is 24.3 Å². The van der Waals surface area contributed by atoms with Gasteiger partial charge in [0, 0.05) is 11.5 Å². The van der Waals surface area contributed by atoms with Gasteiger partial charge in [0.05, 0.1) is 42.9 Å². The number of aromatic amines is 1. The third-order valence-corrected chi connectivity index (χ3v) is 5.75. The number of ether oxygens (including phenoxy) is 2. The minimum Gasteiger partial charge on any atom is -0.469 e. The Morgan fingerprint density at radius 3 is 2.90 bits per heavy atom. The number of halogens is 1. The van der Waals surface area contributed by atoms with E-state index in [4.69, 9.17) is 21.1 Å². The summed E-state index contributed by atoms with van der Waals surface area (Å²) in [6.45, 7) is 3.66. The molecular weight excluding hydrogens is 394 g/mol. The van der Waals surface area contributed by atoms with Crippen LogP contribution in [0.25, 0.3) is 11.0 Å². The van der Waals surface area contributed by atoms with E-state index >= 15 is 0 Å². The van der Waals surface area contributed by atoms with Crippen LogP contribution < -0.4 is 9.64 Å². The lowest BCUT2D eigenvalue weighted by Gasteiger charge is -2.38. The Bertz CT molecular complexity index is 987. The second-order valence-electron chi connectivity index (χ2n) is 7.69. The maximum Gasteiger partial charge on any atom is 0.237 e. The van der Waals surface area contributed by atoms with Crippen LogP contribution >= 0.6 is 11.6 Å². The molecule has 1 aromatic carbocycles. The van der Waals surface area contributed by atoms with Crippen molar-refractivity contribution < 1.29 is 14.6 Å². The molecule has 0 spiro atoms. The largest absolute Gasteiger partial charge is 0.469 e. The van der Waals surface area contributed by atoms with Crippen molar-refractivity contribution >= 4 is 28.6 Å². The van der Waals surface area contributed by atoms with Gasteiger partial charge in [0.25, 0.3) is 0 Å². The van der Waals surface area contributed by atoms with Crippen LogP contribution in [0.3, 0.4) is 0 Å². The van der Waals surface area contributed by atoms with Gasteiger partial charge in [0.15, 0.2) is 5.15 Å². The predicted molar refractivity (Wildman–Crippen MR) is 109 cm³/mol. The summed E-state index contributed by atoms with van der Waals surface area (Å²) in [4.78, 5) is 10.1. The van der Waals surface area contributed by atoms with Crippen molar-refractivity contribution in [3.8, 4) is 5.88 Å². The average molecular weight is 416 g/mol. The molecule has 9 heteroatoms. The number of benzene rings is 1. The number of nitrogens with zero attached hydrogens (tertiary/aromatic N) is 4. The summed E-state index contributed by atoms with van der Waals surface area (Å²) in [5, 5.41) is 18.3. The molecule has 0 radical (unpaired) electrons. The van der Waals surface area contributed by atoms with Gasteiger partial charge in [-0.2, -0.15) is 0 Å². The lowest BCUT2D eigenvalue weighted by Crippen LogP contribution is -2.54. The fourth-order valence-electron chi connectivity index (χ4n) is 3.90. The zero-order valence-electron chi connectivity index (χ0n) is 16.0. The Balaban J connectivity index is 1.27. The van der Waals surface area contributed by atoms with E-state index in [9.17, 15) is 5.11 Å². The summed E-state index contributed by atoms with van der Waals surface area (Å²) in [6, 6.07) is 9.76. The lowest BCUT2D eigenvalue weighted by molar-refractivity contribution is 0.00828. The summed E-state index contributed by atoms with van der Waals surface area (Å²) in [5.74, 6) is 1.41. The summed E-state index contributed by atoms with van der Waals surface area (Å²) in [7, 11) is 0. The van der Waals surface area contributed by atoms with Crippen LogP contribution in [0.5, 0.6) is 5.88 Å². The minimum atomic E-state index is -0.515. The van der Waals surface area contributed by atoms with Gasteiger partial charge >= 0.3 is 0 Å². The Hall–Kier alpha value is -2.42. The standard InChI is InChI=1S/C20H22ClN5O3/c1-11(27)17-6-12(10-28-17)14-7-18(21)24-25-19(14)29-13-8-26(9-13)20-22-15-4-2-3-5-16(15)23-20/h2-5,7,11-13,17,27H,6,8-10H2,1H3,(H,22,23). The molecular formula is C20H22ClN5O3. The summed E-state index contributed by atoms with van der Waals surface area (Å²) >= 11 is 6.08. The van der Waals surface area contributed by atoms with Gasteiger partial charge in [-0.15, -0.1) is 10.2 Å². The smallest absolute Gasteiger partial charge is 0.237 e. The quantitative estimate of drug-likeness (QED) is 0.660. The fraction of sp³-hybridized carbons (Fsp3) is 0.450. The molecule has 0 amide bonds. The van der Waals surface area contributed by atoms with Crippen LogP contribution in [0.1, 0.15) is 24.8 Å². The Morgan fingerprint density at radius 2 is 2.14 bits per heavy atom.